The lowest BCUT2D eigenvalue weighted by atomic mass is 10.2. The molecule has 0 saturated heterocycles. The van der Waals surface area contributed by atoms with Crippen LogP contribution in [0.5, 0.6) is 5.75 Å². The summed E-state index contributed by atoms with van der Waals surface area (Å²) in [4.78, 5) is 14.4. The van der Waals surface area contributed by atoms with E-state index >= 15 is 0 Å². The predicted molar refractivity (Wildman–Crippen MR) is 89.8 cm³/mol. The Bertz CT molecular complexity index is 660. The Labute approximate surface area is 132 Å². The van der Waals surface area contributed by atoms with Crippen molar-refractivity contribution < 1.29 is 10.0 Å². The molecule has 0 aromatic heterocycles. The summed E-state index contributed by atoms with van der Waals surface area (Å²) in [6.45, 7) is 0.597. The standard InChI is InChI=1S/C16H16N2O3S/c19-16-7-6-15(18(20)21)10-14(16)11-17-8-9-22-12-13-4-2-1-3-5-13/h1-7,10-11,19H,8-9,12H2. The highest BCUT2D eigenvalue weighted by Crippen LogP contribution is 2.21. The van der Waals surface area contributed by atoms with Crippen LogP contribution in [0.1, 0.15) is 11.1 Å². The number of nitrogens with zero attached hydrogens (tertiary/aromatic N) is 2. The van der Waals surface area contributed by atoms with Crippen LogP contribution in [0.15, 0.2) is 53.5 Å². The number of hydrogen-bond donors (Lipinski definition) is 1. The Morgan fingerprint density at radius 2 is 2.00 bits per heavy atom. The highest BCUT2D eigenvalue weighted by molar-refractivity contribution is 7.98. The van der Waals surface area contributed by atoms with E-state index in [4.69, 9.17) is 0 Å². The average Bonchev–Trinajstić information content (AvgIpc) is 2.53. The van der Waals surface area contributed by atoms with Gasteiger partial charge >= 0.3 is 0 Å². The third-order valence-electron chi connectivity index (χ3n) is 2.93. The van der Waals surface area contributed by atoms with E-state index in [1.54, 1.807) is 11.8 Å². The second kappa shape index (κ2) is 8.19. The number of phenols is 1. The molecule has 0 aliphatic rings. The summed E-state index contributed by atoms with van der Waals surface area (Å²) in [6.07, 6.45) is 1.48. The number of aliphatic imine (C=N–C) groups is 1. The van der Waals surface area contributed by atoms with Crippen LogP contribution in [0.4, 0.5) is 5.69 Å². The maximum absolute atomic E-state index is 10.7. The summed E-state index contributed by atoms with van der Waals surface area (Å²) >= 11 is 1.77. The van der Waals surface area contributed by atoms with Gasteiger partial charge in [-0.1, -0.05) is 30.3 Å². The molecule has 6 heteroatoms. The molecule has 0 heterocycles. The predicted octanol–water partition coefficient (Wildman–Crippen LogP) is 3.65. The van der Waals surface area contributed by atoms with E-state index in [2.05, 4.69) is 17.1 Å². The lowest BCUT2D eigenvalue weighted by Crippen LogP contribution is -1.92. The van der Waals surface area contributed by atoms with Gasteiger partial charge in [-0.25, -0.2) is 0 Å². The molecule has 2 aromatic carbocycles. The van der Waals surface area contributed by atoms with Crippen molar-refractivity contribution in [3.05, 3.63) is 69.8 Å². The minimum absolute atomic E-state index is 0.00807. The van der Waals surface area contributed by atoms with Crippen molar-refractivity contribution in [2.45, 2.75) is 5.75 Å². The molecule has 0 fully saturated rings. The zero-order chi connectivity index (χ0) is 15.8. The first kappa shape index (κ1) is 16.0. The summed E-state index contributed by atoms with van der Waals surface area (Å²) in [5, 5.41) is 20.3. The van der Waals surface area contributed by atoms with E-state index in [1.165, 1.54) is 30.0 Å². The van der Waals surface area contributed by atoms with E-state index < -0.39 is 4.92 Å². The molecule has 0 aliphatic heterocycles. The van der Waals surface area contributed by atoms with Crippen LogP contribution >= 0.6 is 11.8 Å². The van der Waals surface area contributed by atoms with Gasteiger partial charge in [-0.05, 0) is 11.6 Å². The first-order valence-corrected chi connectivity index (χ1v) is 7.91. The van der Waals surface area contributed by atoms with Crippen molar-refractivity contribution in [2.24, 2.45) is 4.99 Å². The SMILES string of the molecule is O=[N+]([O-])c1ccc(O)c(C=NCCSCc2ccccc2)c1. The van der Waals surface area contributed by atoms with Crippen LogP contribution in [0.3, 0.4) is 0 Å². The van der Waals surface area contributed by atoms with Crippen molar-refractivity contribution in [1.29, 1.82) is 0 Å². The second-order valence-electron chi connectivity index (χ2n) is 4.57. The van der Waals surface area contributed by atoms with E-state index in [9.17, 15) is 15.2 Å². The third-order valence-corrected chi connectivity index (χ3v) is 3.94. The Morgan fingerprint density at radius 1 is 1.23 bits per heavy atom. The molecule has 0 bridgehead atoms. The number of hydrogen-bond acceptors (Lipinski definition) is 5. The topological polar surface area (TPSA) is 75.7 Å². The number of non-ortho nitro benzene ring substituents is 1. The molecule has 2 aromatic rings. The zero-order valence-corrected chi connectivity index (χ0v) is 12.7. The Kier molecular flexibility index (Phi) is 5.97. The molecule has 1 N–H and O–H groups in total. The average molecular weight is 316 g/mol. The van der Waals surface area contributed by atoms with Crippen LogP contribution in [-0.2, 0) is 5.75 Å². The third kappa shape index (κ3) is 4.89. The molecule has 2 rings (SSSR count). The Morgan fingerprint density at radius 3 is 2.73 bits per heavy atom. The van der Waals surface area contributed by atoms with Gasteiger partial charge in [0.2, 0.25) is 0 Å². The minimum atomic E-state index is -0.494. The fourth-order valence-electron chi connectivity index (χ4n) is 1.80. The number of rotatable bonds is 7. The van der Waals surface area contributed by atoms with Crippen molar-refractivity contribution in [3.8, 4) is 5.75 Å². The van der Waals surface area contributed by atoms with Gasteiger partial charge in [-0.3, -0.25) is 15.1 Å². The summed E-state index contributed by atoms with van der Waals surface area (Å²) in [5.41, 5.74) is 1.58. The molecule has 0 atom stereocenters. The molecule has 0 aliphatic carbocycles. The maximum Gasteiger partial charge on any atom is 0.270 e. The van der Waals surface area contributed by atoms with Crippen LogP contribution in [-0.4, -0.2) is 28.5 Å². The quantitative estimate of drug-likeness (QED) is 0.366. The smallest absolute Gasteiger partial charge is 0.270 e. The Hall–Kier alpha value is -2.34. The van der Waals surface area contributed by atoms with Gasteiger partial charge in [0.1, 0.15) is 5.75 Å². The second-order valence-corrected chi connectivity index (χ2v) is 5.68. The van der Waals surface area contributed by atoms with E-state index in [-0.39, 0.29) is 11.4 Å². The van der Waals surface area contributed by atoms with Gasteiger partial charge in [0.05, 0.1) is 4.92 Å². The highest BCUT2D eigenvalue weighted by atomic mass is 32.2. The van der Waals surface area contributed by atoms with Gasteiger partial charge in [0.15, 0.2) is 0 Å². The molecule has 22 heavy (non-hydrogen) atoms. The van der Waals surface area contributed by atoms with E-state index in [0.29, 0.717) is 12.1 Å². The summed E-state index contributed by atoms with van der Waals surface area (Å²) in [7, 11) is 0. The van der Waals surface area contributed by atoms with Gasteiger partial charge in [-0.2, -0.15) is 11.8 Å². The van der Waals surface area contributed by atoms with Gasteiger partial charge in [0, 0.05) is 42.0 Å². The molecular weight excluding hydrogens is 300 g/mol. The number of aromatic hydroxyl groups is 1. The number of nitro benzene ring substituents is 1. The summed E-state index contributed by atoms with van der Waals surface area (Å²) < 4.78 is 0. The minimum Gasteiger partial charge on any atom is -0.507 e. The van der Waals surface area contributed by atoms with Crippen molar-refractivity contribution in [2.75, 3.05) is 12.3 Å². The molecule has 114 valence electrons. The lowest BCUT2D eigenvalue weighted by molar-refractivity contribution is -0.384. The van der Waals surface area contributed by atoms with Gasteiger partial charge < -0.3 is 5.11 Å². The Balaban J connectivity index is 1.80. The van der Waals surface area contributed by atoms with Gasteiger partial charge in [-0.15, -0.1) is 0 Å². The molecular formula is C16H16N2O3S. The van der Waals surface area contributed by atoms with E-state index in [1.807, 2.05) is 18.2 Å². The van der Waals surface area contributed by atoms with Crippen LogP contribution in [0.25, 0.3) is 0 Å². The zero-order valence-electron chi connectivity index (χ0n) is 11.9. The van der Waals surface area contributed by atoms with E-state index in [0.717, 1.165) is 11.5 Å². The molecule has 0 unspecified atom stereocenters. The molecule has 0 spiro atoms. The summed E-state index contributed by atoms with van der Waals surface area (Å²) in [5.74, 6) is 1.77. The normalized spacial score (nSPS) is 10.9. The van der Waals surface area contributed by atoms with Gasteiger partial charge in [0.25, 0.3) is 5.69 Å². The van der Waals surface area contributed by atoms with Crippen LogP contribution in [0.2, 0.25) is 0 Å². The molecule has 0 radical (unpaired) electrons. The van der Waals surface area contributed by atoms with Crippen molar-refractivity contribution in [1.82, 2.24) is 0 Å². The summed E-state index contributed by atoms with van der Waals surface area (Å²) in [6, 6.07) is 14.1. The first-order chi connectivity index (χ1) is 10.7. The molecule has 0 saturated carbocycles. The lowest BCUT2D eigenvalue weighted by Gasteiger charge is -2.00. The number of nitro groups is 1. The fraction of sp³-hybridized carbons (Fsp3) is 0.188. The number of phenolic OH excluding ortho intramolecular Hbond substituents is 1. The van der Waals surface area contributed by atoms with Crippen molar-refractivity contribution in [3.63, 3.8) is 0 Å². The first-order valence-electron chi connectivity index (χ1n) is 6.76. The molecule has 5 nitrogen and oxygen atoms in total. The number of benzene rings is 2. The fourth-order valence-corrected chi connectivity index (χ4v) is 2.61. The largest absolute Gasteiger partial charge is 0.507 e. The van der Waals surface area contributed by atoms with Crippen LogP contribution < -0.4 is 0 Å². The van der Waals surface area contributed by atoms with Crippen molar-refractivity contribution >= 4 is 23.7 Å². The monoisotopic (exact) mass is 316 g/mol. The van der Waals surface area contributed by atoms with Crippen LogP contribution in [0, 0.1) is 10.1 Å². The maximum atomic E-state index is 10.7. The number of thioether (sulfide) groups is 1. The highest BCUT2D eigenvalue weighted by Gasteiger charge is 2.08. The molecule has 0 amide bonds.